The fourth-order valence-electron chi connectivity index (χ4n) is 1.49. The fraction of sp³-hybridized carbons (Fsp3) is 0.889. The smallest absolute Gasteiger partial charge is 0.0750 e. The molecule has 0 aliphatic carbocycles. The van der Waals surface area contributed by atoms with Crippen LogP contribution in [0.1, 0.15) is 19.3 Å². The Morgan fingerprint density at radius 3 is 3.08 bits per heavy atom. The number of nitrogens with two attached hydrogens (primary N) is 1. The van der Waals surface area contributed by atoms with Gasteiger partial charge < -0.3 is 15.8 Å². The van der Waals surface area contributed by atoms with E-state index in [1.54, 1.807) is 0 Å². The summed E-state index contributed by atoms with van der Waals surface area (Å²) in [6, 6.07) is 0. The lowest BCUT2D eigenvalue weighted by molar-refractivity contribution is 0.0951. The van der Waals surface area contributed by atoms with Crippen molar-refractivity contribution < 1.29 is 4.74 Å². The van der Waals surface area contributed by atoms with Gasteiger partial charge in [0.2, 0.25) is 0 Å². The number of hydrogen-bond acceptors (Lipinski definition) is 3. The topological polar surface area (TPSA) is 47.3 Å². The molecule has 76 valence electrons. The zero-order valence-electron chi connectivity index (χ0n) is 7.92. The predicted molar refractivity (Wildman–Crippen MR) is 57.8 cm³/mol. The second kappa shape index (κ2) is 6.29. The minimum absolute atomic E-state index is 0.543. The van der Waals surface area contributed by atoms with E-state index in [4.69, 9.17) is 22.7 Å². The van der Waals surface area contributed by atoms with Gasteiger partial charge in [0.1, 0.15) is 0 Å². The molecule has 1 heterocycles. The van der Waals surface area contributed by atoms with Crippen LogP contribution in [0.15, 0.2) is 0 Å². The maximum absolute atomic E-state index is 5.48. The molecule has 0 amide bonds. The van der Waals surface area contributed by atoms with Gasteiger partial charge in [-0.15, -0.1) is 0 Å². The van der Waals surface area contributed by atoms with Gasteiger partial charge in [-0.2, -0.15) is 0 Å². The van der Waals surface area contributed by atoms with E-state index in [-0.39, 0.29) is 0 Å². The molecule has 1 rings (SSSR count). The summed E-state index contributed by atoms with van der Waals surface area (Å²) in [5.74, 6) is 0.681. The van der Waals surface area contributed by atoms with E-state index in [1.165, 1.54) is 12.8 Å². The lowest BCUT2D eigenvalue weighted by Gasteiger charge is -2.22. The van der Waals surface area contributed by atoms with Gasteiger partial charge in [0.15, 0.2) is 0 Å². The Morgan fingerprint density at radius 2 is 2.46 bits per heavy atom. The van der Waals surface area contributed by atoms with Crippen molar-refractivity contribution in [2.24, 2.45) is 11.7 Å². The van der Waals surface area contributed by atoms with E-state index < -0.39 is 0 Å². The van der Waals surface area contributed by atoms with Crippen LogP contribution in [-0.4, -0.2) is 31.3 Å². The summed E-state index contributed by atoms with van der Waals surface area (Å²) in [4.78, 5) is 0.543. The molecule has 0 bridgehead atoms. The van der Waals surface area contributed by atoms with Crippen molar-refractivity contribution >= 4 is 17.2 Å². The average molecular weight is 202 g/mol. The van der Waals surface area contributed by atoms with Crippen LogP contribution < -0.4 is 11.1 Å². The molecule has 3 nitrogen and oxygen atoms in total. The molecule has 3 N–H and O–H groups in total. The van der Waals surface area contributed by atoms with E-state index in [2.05, 4.69) is 5.32 Å². The lowest BCUT2D eigenvalue weighted by Crippen LogP contribution is -2.32. The first-order valence-electron chi connectivity index (χ1n) is 4.86. The number of rotatable bonds is 5. The van der Waals surface area contributed by atoms with Crippen molar-refractivity contribution in [1.82, 2.24) is 5.32 Å². The van der Waals surface area contributed by atoms with E-state index in [0.717, 1.165) is 19.7 Å². The molecule has 0 aromatic heterocycles. The van der Waals surface area contributed by atoms with E-state index in [1.807, 2.05) is 0 Å². The first-order valence-corrected chi connectivity index (χ1v) is 5.26. The summed E-state index contributed by atoms with van der Waals surface area (Å²) >= 11 is 4.75. The minimum atomic E-state index is 0.543. The third-order valence-electron chi connectivity index (χ3n) is 2.25. The molecule has 1 atom stereocenters. The van der Waals surface area contributed by atoms with Gasteiger partial charge >= 0.3 is 0 Å². The van der Waals surface area contributed by atoms with Crippen LogP contribution in [0.4, 0.5) is 0 Å². The van der Waals surface area contributed by atoms with Crippen LogP contribution in [0, 0.1) is 5.92 Å². The summed E-state index contributed by atoms with van der Waals surface area (Å²) in [5, 5.41) is 3.35. The fourth-order valence-corrected chi connectivity index (χ4v) is 1.57. The van der Waals surface area contributed by atoms with Gasteiger partial charge in [0, 0.05) is 13.0 Å². The third-order valence-corrected chi connectivity index (χ3v) is 2.45. The van der Waals surface area contributed by atoms with E-state index in [0.29, 0.717) is 23.9 Å². The molecule has 1 aliphatic heterocycles. The van der Waals surface area contributed by atoms with Crippen molar-refractivity contribution in [2.75, 3.05) is 26.3 Å². The SMILES string of the molecule is NC(=S)CCOCC1CCCNC1. The lowest BCUT2D eigenvalue weighted by atomic mass is 10.0. The predicted octanol–water partition coefficient (Wildman–Crippen LogP) is 0.679. The molecule has 0 spiro atoms. The second-order valence-electron chi connectivity index (χ2n) is 3.50. The third kappa shape index (κ3) is 5.18. The molecular weight excluding hydrogens is 184 g/mol. The number of thiocarbonyl (C=S) groups is 1. The first kappa shape index (κ1) is 10.9. The van der Waals surface area contributed by atoms with Gasteiger partial charge in [0.05, 0.1) is 18.2 Å². The highest BCUT2D eigenvalue weighted by atomic mass is 32.1. The minimum Gasteiger partial charge on any atom is -0.393 e. The maximum atomic E-state index is 5.48. The average Bonchev–Trinajstić information content (AvgIpc) is 2.14. The molecule has 0 saturated carbocycles. The Labute approximate surface area is 85.0 Å². The van der Waals surface area contributed by atoms with Crippen molar-refractivity contribution in [1.29, 1.82) is 0 Å². The van der Waals surface area contributed by atoms with Gasteiger partial charge in [0.25, 0.3) is 0 Å². The molecule has 1 unspecified atom stereocenters. The molecule has 0 radical (unpaired) electrons. The van der Waals surface area contributed by atoms with Crippen molar-refractivity contribution in [2.45, 2.75) is 19.3 Å². The number of piperidine rings is 1. The molecule has 1 fully saturated rings. The quantitative estimate of drug-likeness (QED) is 0.508. The largest absolute Gasteiger partial charge is 0.393 e. The molecule has 4 heteroatoms. The molecule has 0 aromatic rings. The van der Waals surface area contributed by atoms with Crippen LogP contribution in [0.3, 0.4) is 0 Å². The first-order chi connectivity index (χ1) is 6.29. The van der Waals surface area contributed by atoms with Gasteiger partial charge in [-0.25, -0.2) is 0 Å². The zero-order valence-corrected chi connectivity index (χ0v) is 8.74. The number of ether oxygens (including phenoxy) is 1. The highest BCUT2D eigenvalue weighted by Gasteiger charge is 2.12. The van der Waals surface area contributed by atoms with Crippen LogP contribution in [0.2, 0.25) is 0 Å². The monoisotopic (exact) mass is 202 g/mol. The van der Waals surface area contributed by atoms with Crippen molar-refractivity contribution in [3.05, 3.63) is 0 Å². The molecule has 0 aromatic carbocycles. The zero-order chi connectivity index (χ0) is 9.52. The summed E-state index contributed by atoms with van der Waals surface area (Å²) in [6.45, 7) is 3.76. The second-order valence-corrected chi connectivity index (χ2v) is 4.03. The van der Waals surface area contributed by atoms with E-state index >= 15 is 0 Å². The molecular formula is C9H18N2OS. The Hall–Kier alpha value is -0.190. The Kier molecular flexibility index (Phi) is 5.27. The molecule has 1 saturated heterocycles. The van der Waals surface area contributed by atoms with Gasteiger partial charge in [-0.1, -0.05) is 12.2 Å². The summed E-state index contributed by atoms with van der Waals surface area (Å²) < 4.78 is 5.48. The Balaban J connectivity index is 1.95. The van der Waals surface area contributed by atoms with Crippen LogP contribution >= 0.6 is 12.2 Å². The summed E-state index contributed by atoms with van der Waals surface area (Å²) in [6.07, 6.45) is 3.25. The standard InChI is InChI=1S/C9H18N2OS/c10-9(13)3-5-12-7-8-2-1-4-11-6-8/h8,11H,1-7H2,(H2,10,13). The summed E-state index contributed by atoms with van der Waals surface area (Å²) in [7, 11) is 0. The Bertz CT molecular complexity index is 158. The molecule has 13 heavy (non-hydrogen) atoms. The van der Waals surface area contributed by atoms with Crippen molar-refractivity contribution in [3.63, 3.8) is 0 Å². The number of nitrogens with one attached hydrogen (secondary N) is 1. The highest BCUT2D eigenvalue weighted by molar-refractivity contribution is 7.80. The van der Waals surface area contributed by atoms with Crippen molar-refractivity contribution in [3.8, 4) is 0 Å². The highest BCUT2D eigenvalue weighted by Crippen LogP contribution is 2.09. The van der Waals surface area contributed by atoms with Gasteiger partial charge in [-0.3, -0.25) is 0 Å². The van der Waals surface area contributed by atoms with Crippen LogP contribution in [-0.2, 0) is 4.74 Å². The maximum Gasteiger partial charge on any atom is 0.0750 e. The van der Waals surface area contributed by atoms with Crippen LogP contribution in [0.5, 0.6) is 0 Å². The van der Waals surface area contributed by atoms with Gasteiger partial charge in [-0.05, 0) is 25.3 Å². The van der Waals surface area contributed by atoms with Crippen LogP contribution in [0.25, 0.3) is 0 Å². The molecule has 1 aliphatic rings. The normalized spacial score (nSPS) is 22.9. The number of hydrogen-bond donors (Lipinski definition) is 2. The Morgan fingerprint density at radius 1 is 1.62 bits per heavy atom. The van der Waals surface area contributed by atoms with E-state index in [9.17, 15) is 0 Å². The summed E-state index contributed by atoms with van der Waals surface area (Å²) in [5.41, 5.74) is 5.35.